The molecule has 0 amide bonds. The van der Waals surface area contributed by atoms with Crippen molar-refractivity contribution in [3.63, 3.8) is 0 Å². The topological polar surface area (TPSA) is 89.7 Å². The summed E-state index contributed by atoms with van der Waals surface area (Å²) in [6.45, 7) is 8.40. The van der Waals surface area contributed by atoms with E-state index >= 15 is 0 Å². The highest BCUT2D eigenvalue weighted by molar-refractivity contribution is 6.62. The van der Waals surface area contributed by atoms with Crippen molar-refractivity contribution in [3.05, 3.63) is 394 Å². The van der Waals surface area contributed by atoms with Gasteiger partial charge in [-0.1, -0.05) is 255 Å². The fourth-order valence-electron chi connectivity index (χ4n) is 17.4. The molecule has 1 aliphatic rings. The summed E-state index contributed by atoms with van der Waals surface area (Å²) in [5.41, 5.74) is 23.3. The minimum atomic E-state index is -0.405. The number of aromatic nitrogens is 8. The highest BCUT2D eigenvalue weighted by Gasteiger charge is 2.52. The molecule has 16 aromatic carbocycles. The zero-order chi connectivity index (χ0) is 79.2. The van der Waals surface area contributed by atoms with Crippen LogP contribution < -0.4 is 5.46 Å². The molecule has 1 aliphatic heterocycles. The Morgan fingerprint density at radius 1 is 0.280 bits per heavy atom. The lowest BCUT2D eigenvalue weighted by Crippen LogP contribution is -2.41. The van der Waals surface area contributed by atoms with Gasteiger partial charge in [0, 0.05) is 94.9 Å². The summed E-state index contributed by atoms with van der Waals surface area (Å²) in [5.74, 6) is 0.707. The molecule has 0 N–H and O–H groups in total. The minimum absolute atomic E-state index is 0.266. The van der Waals surface area contributed by atoms with Gasteiger partial charge in [0.1, 0.15) is 0 Å². The molecule has 0 aliphatic carbocycles. The van der Waals surface area contributed by atoms with Crippen LogP contribution >= 0.6 is 11.6 Å². The lowest BCUT2D eigenvalue weighted by molar-refractivity contribution is 0.00578. The van der Waals surface area contributed by atoms with Crippen molar-refractivity contribution in [1.29, 1.82) is 0 Å². The number of benzene rings is 16. The molecule has 1 saturated heterocycles. The fraction of sp³-hybridized carbons (Fsp3) is 0.0566. The molecule has 0 radical (unpaired) electrons. The molecule has 0 saturated carbocycles. The Hall–Kier alpha value is -14.3. The highest BCUT2D eigenvalue weighted by Crippen LogP contribution is 2.44. The van der Waals surface area contributed by atoms with Gasteiger partial charge in [-0.2, -0.15) is 0 Å². The molecule has 0 atom stereocenters. The first kappa shape index (κ1) is 71.5. The first-order valence-electron chi connectivity index (χ1n) is 40.0. The van der Waals surface area contributed by atoms with Gasteiger partial charge in [-0.05, 0) is 210 Å². The van der Waals surface area contributed by atoms with Gasteiger partial charge in [0.25, 0.3) is 0 Å². The quantitative estimate of drug-likeness (QED) is 0.100. The first-order chi connectivity index (χ1) is 57.9. The maximum atomic E-state index is 6.42. The summed E-state index contributed by atoms with van der Waals surface area (Å²) < 4.78 is 22.1. The van der Waals surface area contributed by atoms with Crippen LogP contribution in [0.3, 0.4) is 0 Å². The van der Waals surface area contributed by atoms with E-state index in [0.717, 1.165) is 89.1 Å². The van der Waals surface area contributed by atoms with Gasteiger partial charge in [0.2, 0.25) is 5.28 Å². The van der Waals surface area contributed by atoms with E-state index in [2.05, 4.69) is 420 Å². The van der Waals surface area contributed by atoms with Crippen LogP contribution in [-0.2, 0) is 9.31 Å². The summed E-state index contributed by atoms with van der Waals surface area (Å²) >= 11 is 6.14. The number of rotatable bonds is 10. The van der Waals surface area contributed by atoms with Gasteiger partial charge in [-0.15, -0.1) is 0 Å². The zero-order valence-corrected chi connectivity index (χ0v) is 66.1. The van der Waals surface area contributed by atoms with Crippen molar-refractivity contribution < 1.29 is 9.31 Å². The van der Waals surface area contributed by atoms with E-state index in [9.17, 15) is 0 Å². The molecule has 562 valence electrons. The van der Waals surface area contributed by atoms with Crippen LogP contribution in [0.25, 0.3) is 188 Å². The molecule has 1 fully saturated rings. The Bertz CT molecular complexity index is 7600. The van der Waals surface area contributed by atoms with Crippen molar-refractivity contribution in [2.45, 2.75) is 38.9 Å². The SMILES string of the molecule is CC1(C)OB(c2ccc3c(c2)c2c4ccn(-c5ccccc5)c4ccc2n3-c2ccccc2)OC1(C)C.Clc1nc(-c2ccc(-c3cccc4ccccc34)cc2)c2ccccc2n1.c1ccc(-n2ccc3c4c5cc(-c6nc(-c7ccc(-c8cccc9ccccc89)cc7)c7ccccc7n6)ccc5n(-c5ccccc5)c4ccc32)cc1. The Balaban J connectivity index is 0.000000117. The number of para-hydroxylation sites is 6. The minimum Gasteiger partial charge on any atom is -0.399 e. The van der Waals surface area contributed by atoms with Crippen LogP contribution in [0.5, 0.6) is 0 Å². The largest absolute Gasteiger partial charge is 0.494 e. The van der Waals surface area contributed by atoms with Gasteiger partial charge < -0.3 is 27.6 Å². The summed E-state index contributed by atoms with van der Waals surface area (Å²) in [5, 5.41) is 14.5. The number of hydrogen-bond acceptors (Lipinski definition) is 6. The highest BCUT2D eigenvalue weighted by atomic mass is 35.5. The van der Waals surface area contributed by atoms with E-state index in [1.165, 1.54) is 98.2 Å². The van der Waals surface area contributed by atoms with E-state index in [1.54, 1.807) is 0 Å². The predicted molar refractivity (Wildman–Crippen MR) is 491 cm³/mol. The van der Waals surface area contributed by atoms with E-state index in [4.69, 9.17) is 30.9 Å². The third-order valence-corrected chi connectivity index (χ3v) is 24.0. The Kier molecular flexibility index (Phi) is 17.7. The molecular formula is C106H76BClN8O2. The number of halogens is 1. The second-order valence-electron chi connectivity index (χ2n) is 31.2. The van der Waals surface area contributed by atoms with Crippen molar-refractivity contribution in [3.8, 4) is 78.9 Å². The van der Waals surface area contributed by atoms with Gasteiger partial charge in [-0.25, -0.2) is 19.9 Å². The standard InChI is InChI=1S/C50H32N4.C32H29BN2O2.C24H15ClN2/c1-3-14-37(15-4-1)53-31-30-42-45(53)28-29-47-48(42)43-32-36(26-27-46(43)54(47)38-16-5-2-6-17-38)50-51-44-21-10-9-19-41(44)49(52-50)35-24-22-34(23-25-35)40-20-11-13-33-12-7-8-18-39(33)40;1-31(2)32(3,4)37-33(36-31)22-15-16-28-26(21-22)30-25-19-20-34(23-11-7-5-8-12-23)27(25)17-18-29(30)35(28)24-13-9-6-10-14-24;25-24-26-22-11-4-3-9-21(22)23(27-24)18-14-12-17(13-15-18)20-10-5-7-16-6-1-2-8-19(16)20/h1-32H;5-21H,1-4H3;1-15H. The van der Waals surface area contributed by atoms with Gasteiger partial charge in [0.15, 0.2) is 5.82 Å². The molecule has 0 spiro atoms. The molecule has 0 unspecified atom stereocenters. The van der Waals surface area contributed by atoms with Crippen LogP contribution in [-0.4, -0.2) is 56.5 Å². The van der Waals surface area contributed by atoms with Gasteiger partial charge >= 0.3 is 7.12 Å². The summed E-state index contributed by atoms with van der Waals surface area (Å²) in [6, 6.07) is 133. The van der Waals surface area contributed by atoms with E-state index in [1.807, 2.05) is 24.3 Å². The normalized spacial score (nSPS) is 13.2. The second kappa shape index (κ2) is 29.2. The van der Waals surface area contributed by atoms with Crippen molar-refractivity contribution in [1.82, 2.24) is 38.2 Å². The molecular weight excluding hydrogens is 1460 g/mol. The third kappa shape index (κ3) is 12.5. The summed E-state index contributed by atoms with van der Waals surface area (Å²) in [6.07, 6.45) is 4.35. The zero-order valence-electron chi connectivity index (χ0n) is 65.3. The molecule has 0 bridgehead atoms. The molecule has 22 aromatic rings. The first-order valence-corrected chi connectivity index (χ1v) is 40.4. The summed E-state index contributed by atoms with van der Waals surface area (Å²) in [7, 11) is -0.405. The van der Waals surface area contributed by atoms with Crippen molar-refractivity contribution in [2.75, 3.05) is 0 Å². The molecule has 10 nitrogen and oxygen atoms in total. The molecule has 23 rings (SSSR count). The average molecular weight is 1540 g/mol. The van der Waals surface area contributed by atoms with Crippen LogP contribution in [0.4, 0.5) is 0 Å². The fourth-order valence-corrected chi connectivity index (χ4v) is 17.5. The Morgan fingerprint density at radius 3 is 1.14 bits per heavy atom. The number of nitrogens with zero attached hydrogens (tertiary/aromatic N) is 8. The van der Waals surface area contributed by atoms with Crippen molar-refractivity contribution in [2.24, 2.45) is 0 Å². The van der Waals surface area contributed by atoms with E-state index in [-0.39, 0.29) is 16.5 Å². The predicted octanol–water partition coefficient (Wildman–Crippen LogP) is 26.6. The molecule has 12 heteroatoms. The summed E-state index contributed by atoms with van der Waals surface area (Å²) in [4.78, 5) is 19.3. The maximum Gasteiger partial charge on any atom is 0.494 e. The molecule has 7 heterocycles. The lowest BCUT2D eigenvalue weighted by Gasteiger charge is -2.32. The Morgan fingerprint density at radius 2 is 0.653 bits per heavy atom. The Labute approximate surface area is 687 Å². The maximum absolute atomic E-state index is 6.42. The van der Waals surface area contributed by atoms with Gasteiger partial charge in [0.05, 0.1) is 66.7 Å². The monoisotopic (exact) mass is 1540 g/mol. The van der Waals surface area contributed by atoms with Crippen LogP contribution in [0.15, 0.2) is 389 Å². The average Bonchev–Trinajstić information content (AvgIpc) is 1.57. The van der Waals surface area contributed by atoms with Crippen molar-refractivity contribution >= 4 is 133 Å². The van der Waals surface area contributed by atoms with Crippen LogP contribution in [0.2, 0.25) is 5.28 Å². The lowest BCUT2D eigenvalue weighted by atomic mass is 9.78. The van der Waals surface area contributed by atoms with Crippen LogP contribution in [0.1, 0.15) is 27.7 Å². The number of fused-ring (bicyclic) bond motifs is 14. The van der Waals surface area contributed by atoms with E-state index in [0.29, 0.717) is 5.82 Å². The smallest absolute Gasteiger partial charge is 0.399 e. The molecule has 118 heavy (non-hydrogen) atoms. The second-order valence-corrected chi connectivity index (χ2v) is 31.6. The molecule has 6 aromatic heterocycles. The van der Waals surface area contributed by atoms with E-state index < -0.39 is 7.12 Å². The van der Waals surface area contributed by atoms with Crippen LogP contribution in [0, 0.1) is 0 Å². The van der Waals surface area contributed by atoms with Gasteiger partial charge in [-0.3, -0.25) is 0 Å². The number of hydrogen-bond donors (Lipinski definition) is 0. The third-order valence-electron chi connectivity index (χ3n) is 23.8.